The average Bonchev–Trinajstić information content (AvgIpc) is 2.73. The SMILES string of the molecule is CCCn1c(SCC(=O)NNC(=O)c2ccc(Cl)cc2)nc2cc(Cl)ccc2c1=O. The summed E-state index contributed by atoms with van der Waals surface area (Å²) in [5.41, 5.74) is 5.34. The third kappa shape index (κ3) is 5.33. The second kappa shape index (κ2) is 9.97. The molecule has 0 bridgehead atoms. The van der Waals surface area contributed by atoms with Crippen LogP contribution < -0.4 is 16.4 Å². The highest BCUT2D eigenvalue weighted by atomic mass is 35.5. The van der Waals surface area contributed by atoms with Crippen LogP contribution in [-0.4, -0.2) is 27.1 Å². The number of hydrogen-bond donors (Lipinski definition) is 2. The number of nitrogens with zero attached hydrogens (tertiary/aromatic N) is 2. The first kappa shape index (κ1) is 22.1. The number of benzene rings is 2. The quantitative estimate of drug-likeness (QED) is 0.329. The Hall–Kier alpha value is -2.55. The first-order chi connectivity index (χ1) is 14.4. The van der Waals surface area contributed by atoms with Gasteiger partial charge in [0.25, 0.3) is 11.5 Å². The zero-order valence-corrected chi connectivity index (χ0v) is 18.3. The highest BCUT2D eigenvalue weighted by Gasteiger charge is 2.14. The summed E-state index contributed by atoms with van der Waals surface area (Å²) in [6.45, 7) is 2.42. The lowest BCUT2D eigenvalue weighted by Gasteiger charge is -2.12. The van der Waals surface area contributed by atoms with Crippen LogP contribution in [0.2, 0.25) is 10.0 Å². The lowest BCUT2D eigenvalue weighted by molar-refractivity contribution is -0.119. The third-order valence-corrected chi connectivity index (χ3v) is 5.55. The highest BCUT2D eigenvalue weighted by Crippen LogP contribution is 2.20. The molecule has 3 aromatic rings. The summed E-state index contributed by atoms with van der Waals surface area (Å²) >= 11 is 12.9. The maximum atomic E-state index is 12.8. The molecule has 0 atom stereocenters. The van der Waals surface area contributed by atoms with Gasteiger partial charge in [0.05, 0.1) is 16.7 Å². The Balaban J connectivity index is 1.68. The minimum Gasteiger partial charge on any atom is -0.287 e. The minimum atomic E-state index is -0.466. The molecule has 7 nitrogen and oxygen atoms in total. The van der Waals surface area contributed by atoms with E-state index in [1.165, 1.54) is 0 Å². The topological polar surface area (TPSA) is 93.1 Å². The van der Waals surface area contributed by atoms with Crippen LogP contribution in [0.4, 0.5) is 0 Å². The van der Waals surface area contributed by atoms with E-state index in [4.69, 9.17) is 23.2 Å². The van der Waals surface area contributed by atoms with E-state index >= 15 is 0 Å². The number of nitrogens with one attached hydrogen (secondary N) is 2. The predicted octanol–water partition coefficient (Wildman–Crippen LogP) is 3.67. The Morgan fingerprint density at radius 3 is 2.47 bits per heavy atom. The van der Waals surface area contributed by atoms with Crippen LogP contribution in [0, 0.1) is 0 Å². The third-order valence-electron chi connectivity index (χ3n) is 4.08. The van der Waals surface area contributed by atoms with Crippen LogP contribution in [0.15, 0.2) is 52.4 Å². The number of carbonyl (C=O) groups excluding carboxylic acids is 2. The number of amides is 2. The molecule has 2 N–H and O–H groups in total. The number of carbonyl (C=O) groups is 2. The van der Waals surface area contributed by atoms with Crippen LogP contribution in [0.1, 0.15) is 23.7 Å². The average molecular weight is 465 g/mol. The fourth-order valence-corrected chi connectivity index (χ4v) is 3.79. The van der Waals surface area contributed by atoms with Crippen molar-refractivity contribution in [3.05, 3.63) is 68.4 Å². The van der Waals surface area contributed by atoms with Crippen molar-refractivity contribution in [1.82, 2.24) is 20.4 Å². The number of hydrazine groups is 1. The van der Waals surface area contributed by atoms with Gasteiger partial charge < -0.3 is 0 Å². The van der Waals surface area contributed by atoms with Crippen molar-refractivity contribution in [2.75, 3.05) is 5.75 Å². The normalized spacial score (nSPS) is 10.8. The molecule has 0 aliphatic rings. The summed E-state index contributed by atoms with van der Waals surface area (Å²) < 4.78 is 1.54. The maximum Gasteiger partial charge on any atom is 0.269 e. The lowest BCUT2D eigenvalue weighted by Crippen LogP contribution is -2.42. The molecule has 0 radical (unpaired) electrons. The second-order valence-electron chi connectivity index (χ2n) is 6.31. The summed E-state index contributed by atoms with van der Waals surface area (Å²) in [5.74, 6) is -0.944. The molecule has 0 saturated heterocycles. The number of fused-ring (bicyclic) bond motifs is 1. The number of halogens is 2. The Morgan fingerprint density at radius 1 is 1.07 bits per heavy atom. The Kier molecular flexibility index (Phi) is 7.36. The summed E-state index contributed by atoms with van der Waals surface area (Å²) in [6.07, 6.45) is 0.734. The van der Waals surface area contributed by atoms with Gasteiger partial charge in [-0.15, -0.1) is 0 Å². The van der Waals surface area contributed by atoms with Gasteiger partial charge in [0.2, 0.25) is 5.91 Å². The molecule has 0 aliphatic heterocycles. The summed E-state index contributed by atoms with van der Waals surface area (Å²) in [6, 6.07) is 11.2. The van der Waals surface area contributed by atoms with Crippen LogP contribution in [0.5, 0.6) is 0 Å². The van der Waals surface area contributed by atoms with Crippen molar-refractivity contribution in [3.63, 3.8) is 0 Å². The van der Waals surface area contributed by atoms with Crippen molar-refractivity contribution in [3.8, 4) is 0 Å². The van der Waals surface area contributed by atoms with Gasteiger partial charge in [-0.3, -0.25) is 29.8 Å². The molecule has 0 spiro atoms. The molecular weight excluding hydrogens is 447 g/mol. The molecule has 2 amide bonds. The fraction of sp³-hybridized carbons (Fsp3) is 0.200. The van der Waals surface area contributed by atoms with Crippen molar-refractivity contribution in [2.45, 2.75) is 25.0 Å². The van der Waals surface area contributed by atoms with E-state index < -0.39 is 11.8 Å². The van der Waals surface area contributed by atoms with E-state index in [9.17, 15) is 14.4 Å². The summed E-state index contributed by atoms with van der Waals surface area (Å²) in [5, 5.41) is 1.86. The fourth-order valence-electron chi connectivity index (χ4n) is 2.67. The van der Waals surface area contributed by atoms with Gasteiger partial charge in [0, 0.05) is 22.2 Å². The molecule has 156 valence electrons. The van der Waals surface area contributed by atoms with Gasteiger partial charge in [0.15, 0.2) is 5.16 Å². The van der Waals surface area contributed by atoms with Gasteiger partial charge in [-0.2, -0.15) is 0 Å². The van der Waals surface area contributed by atoms with Crippen LogP contribution in [0.25, 0.3) is 10.9 Å². The number of hydrogen-bond acceptors (Lipinski definition) is 5. The molecular formula is C20H18Cl2N4O3S. The number of rotatable bonds is 6. The molecule has 2 aromatic carbocycles. The lowest BCUT2D eigenvalue weighted by atomic mass is 10.2. The predicted molar refractivity (Wildman–Crippen MR) is 119 cm³/mol. The molecule has 0 aliphatic carbocycles. The summed E-state index contributed by atoms with van der Waals surface area (Å²) in [7, 11) is 0. The van der Waals surface area contributed by atoms with Gasteiger partial charge >= 0.3 is 0 Å². The van der Waals surface area contributed by atoms with Crippen molar-refractivity contribution < 1.29 is 9.59 Å². The standard InChI is InChI=1S/C20H18Cl2N4O3S/c1-2-9-26-19(29)15-8-7-14(22)10-16(15)23-20(26)30-11-17(27)24-25-18(28)12-3-5-13(21)6-4-12/h3-8,10H,2,9,11H2,1H3,(H,24,27)(H,25,28). The van der Waals surface area contributed by atoms with Crippen molar-refractivity contribution >= 4 is 57.7 Å². The van der Waals surface area contributed by atoms with E-state index in [0.717, 1.165) is 18.2 Å². The first-order valence-electron chi connectivity index (χ1n) is 9.06. The van der Waals surface area contributed by atoms with E-state index in [-0.39, 0.29) is 11.3 Å². The van der Waals surface area contributed by atoms with Gasteiger partial charge in [0.1, 0.15) is 0 Å². The number of aromatic nitrogens is 2. The Labute approximate surface area is 186 Å². The number of thioether (sulfide) groups is 1. The van der Waals surface area contributed by atoms with Gasteiger partial charge in [-0.1, -0.05) is 41.9 Å². The van der Waals surface area contributed by atoms with Crippen LogP contribution >= 0.6 is 35.0 Å². The van der Waals surface area contributed by atoms with Crippen molar-refractivity contribution in [1.29, 1.82) is 0 Å². The highest BCUT2D eigenvalue weighted by molar-refractivity contribution is 7.99. The maximum absolute atomic E-state index is 12.8. The Bertz CT molecular complexity index is 1150. The van der Waals surface area contributed by atoms with E-state index in [2.05, 4.69) is 15.8 Å². The molecule has 3 rings (SSSR count). The van der Waals surface area contributed by atoms with Gasteiger partial charge in [-0.25, -0.2) is 4.98 Å². The minimum absolute atomic E-state index is 0.0386. The van der Waals surface area contributed by atoms with Gasteiger partial charge in [-0.05, 0) is 48.9 Å². The molecule has 10 heteroatoms. The first-order valence-corrected chi connectivity index (χ1v) is 10.8. The molecule has 0 unspecified atom stereocenters. The molecule has 30 heavy (non-hydrogen) atoms. The van der Waals surface area contributed by atoms with E-state index in [1.54, 1.807) is 47.0 Å². The Morgan fingerprint density at radius 2 is 1.77 bits per heavy atom. The van der Waals surface area contributed by atoms with Crippen molar-refractivity contribution in [2.24, 2.45) is 0 Å². The van der Waals surface area contributed by atoms with E-state index in [0.29, 0.717) is 38.2 Å². The van der Waals surface area contributed by atoms with E-state index in [1.807, 2.05) is 6.92 Å². The van der Waals surface area contributed by atoms with Crippen LogP contribution in [0.3, 0.4) is 0 Å². The molecule has 0 saturated carbocycles. The monoisotopic (exact) mass is 464 g/mol. The zero-order valence-electron chi connectivity index (χ0n) is 15.9. The molecule has 1 heterocycles. The largest absolute Gasteiger partial charge is 0.287 e. The molecule has 0 fully saturated rings. The molecule has 1 aromatic heterocycles. The summed E-state index contributed by atoms with van der Waals surface area (Å²) in [4.78, 5) is 41.5. The zero-order chi connectivity index (χ0) is 21.7. The second-order valence-corrected chi connectivity index (χ2v) is 8.13. The smallest absolute Gasteiger partial charge is 0.269 e. The van der Waals surface area contributed by atoms with Crippen LogP contribution in [-0.2, 0) is 11.3 Å².